The van der Waals surface area contributed by atoms with Gasteiger partial charge in [0.05, 0.1) is 0 Å². The number of likely N-dealkylation sites (tertiary alicyclic amines) is 1. The smallest absolute Gasteiger partial charge is 0.0440 e. The zero-order valence-corrected chi connectivity index (χ0v) is 14.2. The van der Waals surface area contributed by atoms with Gasteiger partial charge in [0, 0.05) is 27.4 Å². The van der Waals surface area contributed by atoms with Gasteiger partial charge >= 0.3 is 0 Å². The lowest BCUT2D eigenvalue weighted by molar-refractivity contribution is 0.0843. The van der Waals surface area contributed by atoms with E-state index in [0.29, 0.717) is 0 Å². The van der Waals surface area contributed by atoms with Crippen molar-refractivity contribution in [1.29, 1.82) is 0 Å². The molecule has 0 amide bonds. The first-order valence-corrected chi connectivity index (χ1v) is 8.72. The number of hydrazine groups is 1. The summed E-state index contributed by atoms with van der Waals surface area (Å²) >= 11 is 5.43. The van der Waals surface area contributed by atoms with Crippen LogP contribution in [0, 0.1) is 0 Å². The molecular formula is C14H24BrN3S. The largest absolute Gasteiger partial charge is 0.296 e. The van der Waals surface area contributed by atoms with Gasteiger partial charge in [-0.3, -0.25) is 16.2 Å². The van der Waals surface area contributed by atoms with Gasteiger partial charge < -0.3 is 0 Å². The number of hydrogen-bond acceptors (Lipinski definition) is 4. The molecule has 1 aliphatic heterocycles. The molecule has 2 unspecified atom stereocenters. The van der Waals surface area contributed by atoms with Gasteiger partial charge in [0.1, 0.15) is 0 Å². The van der Waals surface area contributed by atoms with Crippen molar-refractivity contribution in [1.82, 2.24) is 10.3 Å². The molecule has 0 bridgehead atoms. The predicted octanol–water partition coefficient (Wildman–Crippen LogP) is 3.15. The van der Waals surface area contributed by atoms with E-state index >= 15 is 0 Å². The maximum absolute atomic E-state index is 5.88. The number of halogens is 1. The highest BCUT2D eigenvalue weighted by molar-refractivity contribution is 9.10. The summed E-state index contributed by atoms with van der Waals surface area (Å²) < 4.78 is 1.21. The Morgan fingerprint density at radius 1 is 1.53 bits per heavy atom. The number of hydrogen-bond donors (Lipinski definition) is 2. The molecule has 0 spiro atoms. The van der Waals surface area contributed by atoms with E-state index in [1.54, 1.807) is 11.3 Å². The summed E-state index contributed by atoms with van der Waals surface area (Å²) in [7, 11) is 0. The molecule has 0 radical (unpaired) electrons. The molecule has 1 saturated heterocycles. The predicted molar refractivity (Wildman–Crippen MR) is 86.3 cm³/mol. The van der Waals surface area contributed by atoms with Gasteiger partial charge in [-0.2, -0.15) is 0 Å². The van der Waals surface area contributed by atoms with Crippen LogP contribution in [-0.4, -0.2) is 29.6 Å². The maximum atomic E-state index is 5.88. The first kappa shape index (κ1) is 15.4. The zero-order chi connectivity index (χ0) is 13.9. The van der Waals surface area contributed by atoms with E-state index in [-0.39, 0.29) is 11.6 Å². The van der Waals surface area contributed by atoms with Gasteiger partial charge in [0.25, 0.3) is 0 Å². The van der Waals surface area contributed by atoms with Crippen LogP contribution in [-0.2, 0) is 6.42 Å². The van der Waals surface area contributed by atoms with Crippen LogP contribution in [0.25, 0.3) is 0 Å². The molecule has 19 heavy (non-hydrogen) atoms. The molecule has 1 aliphatic rings. The van der Waals surface area contributed by atoms with Crippen LogP contribution < -0.4 is 11.3 Å². The number of nitrogens with zero attached hydrogens (tertiary/aromatic N) is 1. The Kier molecular flexibility index (Phi) is 5.43. The van der Waals surface area contributed by atoms with Gasteiger partial charge in [0.2, 0.25) is 0 Å². The van der Waals surface area contributed by atoms with Gasteiger partial charge in [-0.15, -0.1) is 11.3 Å². The van der Waals surface area contributed by atoms with Crippen LogP contribution in [0.1, 0.15) is 38.0 Å². The third-order valence-corrected chi connectivity index (χ3v) is 6.53. The van der Waals surface area contributed by atoms with E-state index in [0.717, 1.165) is 12.8 Å². The molecule has 3 N–H and O–H groups in total. The van der Waals surface area contributed by atoms with E-state index in [1.807, 2.05) is 0 Å². The Morgan fingerprint density at radius 2 is 2.21 bits per heavy atom. The molecule has 1 aromatic heterocycles. The Hall–Kier alpha value is 0.0600. The monoisotopic (exact) mass is 345 g/mol. The lowest BCUT2D eigenvalue weighted by Gasteiger charge is -2.44. The highest BCUT2D eigenvalue weighted by atomic mass is 79.9. The highest BCUT2D eigenvalue weighted by Gasteiger charge is 2.39. The molecule has 2 rings (SSSR count). The third kappa shape index (κ3) is 3.22. The normalized spacial score (nSPS) is 21.5. The number of nitrogens with one attached hydrogen (secondary N) is 1. The minimum atomic E-state index is 0.134. The van der Waals surface area contributed by atoms with Crippen LogP contribution in [0.15, 0.2) is 15.9 Å². The van der Waals surface area contributed by atoms with Crippen molar-refractivity contribution >= 4 is 27.3 Å². The summed E-state index contributed by atoms with van der Waals surface area (Å²) in [4.78, 5) is 3.99. The third-order valence-electron chi connectivity index (χ3n) is 4.58. The second-order valence-corrected chi connectivity index (χ2v) is 7.37. The Morgan fingerprint density at radius 3 is 2.68 bits per heavy atom. The lowest BCUT2D eigenvalue weighted by Crippen LogP contribution is -2.61. The van der Waals surface area contributed by atoms with Crippen molar-refractivity contribution in [3.63, 3.8) is 0 Å². The molecule has 1 aromatic rings. The molecule has 3 nitrogen and oxygen atoms in total. The van der Waals surface area contributed by atoms with Crippen molar-refractivity contribution in [2.75, 3.05) is 13.1 Å². The quantitative estimate of drug-likeness (QED) is 0.614. The van der Waals surface area contributed by atoms with Crippen LogP contribution in [0.4, 0.5) is 0 Å². The SMILES string of the molecule is CCC(C)(C(Cc1sccc1Br)NN)N1CCCC1. The average molecular weight is 346 g/mol. The summed E-state index contributed by atoms with van der Waals surface area (Å²) in [6.07, 6.45) is 4.73. The zero-order valence-electron chi connectivity index (χ0n) is 11.8. The van der Waals surface area contributed by atoms with Crippen molar-refractivity contribution in [2.45, 2.75) is 51.1 Å². The summed E-state index contributed by atoms with van der Waals surface area (Å²) in [6, 6.07) is 2.40. The van der Waals surface area contributed by atoms with Crippen molar-refractivity contribution in [3.05, 3.63) is 20.8 Å². The van der Waals surface area contributed by atoms with Gasteiger partial charge in [0.15, 0.2) is 0 Å². The molecule has 0 aliphatic carbocycles. The van der Waals surface area contributed by atoms with Crippen LogP contribution >= 0.6 is 27.3 Å². The minimum Gasteiger partial charge on any atom is -0.296 e. The van der Waals surface area contributed by atoms with Crippen LogP contribution in [0.3, 0.4) is 0 Å². The molecule has 5 heteroatoms. The first-order chi connectivity index (χ1) is 9.11. The fourth-order valence-corrected chi connectivity index (χ4v) is 4.59. The molecule has 0 saturated carbocycles. The van der Waals surface area contributed by atoms with E-state index < -0.39 is 0 Å². The average Bonchev–Trinajstić information content (AvgIpc) is 3.07. The summed E-state index contributed by atoms with van der Waals surface area (Å²) in [5.74, 6) is 5.88. The molecule has 108 valence electrons. The maximum Gasteiger partial charge on any atom is 0.0440 e. The second kappa shape index (κ2) is 6.68. The van der Waals surface area contributed by atoms with Gasteiger partial charge in [-0.1, -0.05) is 6.92 Å². The Bertz CT molecular complexity index is 403. The molecule has 2 heterocycles. The van der Waals surface area contributed by atoms with Crippen molar-refractivity contribution < 1.29 is 0 Å². The van der Waals surface area contributed by atoms with Crippen molar-refractivity contribution in [2.24, 2.45) is 5.84 Å². The highest BCUT2D eigenvalue weighted by Crippen LogP contribution is 2.32. The minimum absolute atomic E-state index is 0.134. The van der Waals surface area contributed by atoms with Crippen molar-refractivity contribution in [3.8, 4) is 0 Å². The Balaban J connectivity index is 2.15. The van der Waals surface area contributed by atoms with Crippen LogP contribution in [0.5, 0.6) is 0 Å². The molecule has 2 atom stereocenters. The summed E-state index contributed by atoms with van der Waals surface area (Å²) in [6.45, 7) is 7.03. The number of thiophene rings is 1. The number of nitrogens with two attached hydrogens (primary N) is 1. The molecule has 0 aromatic carbocycles. The van der Waals surface area contributed by atoms with Gasteiger partial charge in [-0.25, -0.2) is 0 Å². The second-order valence-electron chi connectivity index (χ2n) is 5.52. The van der Waals surface area contributed by atoms with E-state index in [2.05, 4.69) is 51.5 Å². The number of rotatable bonds is 6. The standard InChI is InChI=1S/C14H24BrN3S/c1-3-14(2,18-7-4-5-8-18)13(17-16)10-12-11(15)6-9-19-12/h6,9,13,17H,3-5,7-8,10,16H2,1-2H3. The van der Waals surface area contributed by atoms with E-state index in [9.17, 15) is 0 Å². The van der Waals surface area contributed by atoms with E-state index in [1.165, 1.54) is 35.3 Å². The summed E-state index contributed by atoms with van der Waals surface area (Å²) in [5.41, 5.74) is 3.21. The van der Waals surface area contributed by atoms with E-state index in [4.69, 9.17) is 5.84 Å². The molecule has 1 fully saturated rings. The first-order valence-electron chi connectivity index (χ1n) is 7.05. The fraction of sp³-hybridized carbons (Fsp3) is 0.714. The summed E-state index contributed by atoms with van der Waals surface area (Å²) in [5, 5.41) is 2.13. The fourth-order valence-electron chi connectivity index (χ4n) is 3.03. The lowest BCUT2D eigenvalue weighted by atomic mass is 9.85. The van der Waals surface area contributed by atoms with Gasteiger partial charge in [-0.05, 0) is 66.7 Å². The Labute approximate surface area is 128 Å². The molecular weight excluding hydrogens is 322 g/mol. The van der Waals surface area contributed by atoms with Crippen LogP contribution in [0.2, 0.25) is 0 Å². The topological polar surface area (TPSA) is 41.3 Å².